The van der Waals surface area contributed by atoms with Crippen LogP contribution in [-0.2, 0) is 14.3 Å². The minimum absolute atomic E-state index is 0.00855. The van der Waals surface area contributed by atoms with Gasteiger partial charge in [-0.15, -0.1) is 0 Å². The summed E-state index contributed by atoms with van der Waals surface area (Å²) in [6.07, 6.45) is 1.84. The van der Waals surface area contributed by atoms with Crippen LogP contribution in [-0.4, -0.2) is 54.1 Å². The van der Waals surface area contributed by atoms with E-state index in [-0.39, 0.29) is 29.8 Å². The number of morpholine rings is 1. The first-order valence-electron chi connectivity index (χ1n) is 9.20. The topological polar surface area (TPSA) is 55.8 Å². The number of hydrogen-bond donors (Lipinski definition) is 0. The van der Waals surface area contributed by atoms with Crippen LogP contribution in [0.3, 0.4) is 0 Å². The minimum atomic E-state index is -0.392. The molecule has 5 nitrogen and oxygen atoms in total. The van der Waals surface area contributed by atoms with E-state index in [1.54, 1.807) is 0 Å². The summed E-state index contributed by atoms with van der Waals surface area (Å²) in [6.45, 7) is 5.90. The van der Waals surface area contributed by atoms with Crippen LogP contribution >= 0.6 is 0 Å². The number of nitrogens with zero attached hydrogens (tertiary/aromatic N) is 1. The second-order valence-corrected chi connectivity index (χ2v) is 7.58. The summed E-state index contributed by atoms with van der Waals surface area (Å²) >= 11 is 0. The van der Waals surface area contributed by atoms with Crippen molar-refractivity contribution in [3.63, 3.8) is 0 Å². The molecule has 5 heteroatoms. The van der Waals surface area contributed by atoms with Gasteiger partial charge in [-0.2, -0.15) is 0 Å². The zero-order valence-corrected chi connectivity index (χ0v) is 14.9. The summed E-state index contributed by atoms with van der Waals surface area (Å²) in [5.74, 6) is 0.0340. The fourth-order valence-corrected chi connectivity index (χ4v) is 4.56. The van der Waals surface area contributed by atoms with E-state index in [2.05, 4.69) is 0 Å². The first-order chi connectivity index (χ1) is 12.0. The van der Waals surface area contributed by atoms with E-state index in [0.717, 1.165) is 12.0 Å². The third-order valence-corrected chi connectivity index (χ3v) is 5.91. The van der Waals surface area contributed by atoms with Crippen LogP contribution in [0.5, 0.6) is 0 Å². The molecule has 4 unspecified atom stereocenters. The van der Waals surface area contributed by atoms with E-state index >= 15 is 0 Å². The van der Waals surface area contributed by atoms with Gasteiger partial charge in [0.2, 0.25) is 5.91 Å². The van der Waals surface area contributed by atoms with Crippen LogP contribution in [0.25, 0.3) is 0 Å². The molecule has 4 atom stereocenters. The van der Waals surface area contributed by atoms with E-state index in [1.807, 2.05) is 43.0 Å². The van der Waals surface area contributed by atoms with Gasteiger partial charge in [0.15, 0.2) is 5.78 Å². The first-order valence-corrected chi connectivity index (χ1v) is 9.20. The van der Waals surface area contributed by atoms with Crippen molar-refractivity contribution in [1.29, 1.82) is 0 Å². The quantitative estimate of drug-likeness (QED) is 0.786. The van der Waals surface area contributed by atoms with Crippen molar-refractivity contribution in [2.45, 2.75) is 56.8 Å². The highest BCUT2D eigenvalue weighted by Crippen LogP contribution is 2.38. The fourth-order valence-electron chi connectivity index (χ4n) is 4.56. The van der Waals surface area contributed by atoms with Crippen molar-refractivity contribution < 1.29 is 19.1 Å². The number of rotatable bonds is 1. The molecule has 1 aromatic carbocycles. The summed E-state index contributed by atoms with van der Waals surface area (Å²) in [6, 6.07) is 7.55. The Kier molecular flexibility index (Phi) is 4.16. The van der Waals surface area contributed by atoms with E-state index in [1.165, 1.54) is 0 Å². The number of ketones is 1. The average molecular weight is 343 g/mol. The molecule has 2 aliphatic heterocycles. The predicted octanol–water partition coefficient (Wildman–Crippen LogP) is 2.54. The third-order valence-electron chi connectivity index (χ3n) is 5.91. The lowest BCUT2D eigenvalue weighted by molar-refractivity contribution is -0.179. The first kappa shape index (κ1) is 16.7. The zero-order valence-electron chi connectivity index (χ0n) is 14.9. The van der Waals surface area contributed by atoms with E-state index < -0.39 is 5.60 Å². The van der Waals surface area contributed by atoms with Gasteiger partial charge in [0.05, 0.1) is 24.7 Å². The minimum Gasteiger partial charge on any atom is -0.375 e. The van der Waals surface area contributed by atoms with Gasteiger partial charge < -0.3 is 14.4 Å². The van der Waals surface area contributed by atoms with Gasteiger partial charge >= 0.3 is 0 Å². The molecule has 4 rings (SSSR count). The number of ether oxygens (including phenoxy) is 2. The Hall–Kier alpha value is -1.72. The Morgan fingerprint density at radius 3 is 2.84 bits per heavy atom. The maximum absolute atomic E-state index is 13.3. The summed E-state index contributed by atoms with van der Waals surface area (Å²) in [7, 11) is 0. The molecule has 25 heavy (non-hydrogen) atoms. The lowest BCUT2D eigenvalue weighted by Gasteiger charge is -2.46. The predicted molar refractivity (Wildman–Crippen MR) is 92.6 cm³/mol. The van der Waals surface area contributed by atoms with Crippen LogP contribution in [0.2, 0.25) is 0 Å². The number of fused-ring (bicyclic) bond motifs is 1. The third kappa shape index (κ3) is 2.79. The van der Waals surface area contributed by atoms with Crippen LogP contribution in [0, 0.1) is 0 Å². The summed E-state index contributed by atoms with van der Waals surface area (Å²) in [5, 5.41) is 0. The molecule has 1 aliphatic carbocycles. The molecule has 0 radical (unpaired) electrons. The zero-order chi connectivity index (χ0) is 17.6. The average Bonchev–Trinajstić information content (AvgIpc) is 2.94. The Labute approximate surface area is 148 Å². The lowest BCUT2D eigenvalue weighted by atomic mass is 9.81. The van der Waals surface area contributed by atoms with E-state index in [0.29, 0.717) is 38.1 Å². The second-order valence-electron chi connectivity index (χ2n) is 7.58. The summed E-state index contributed by atoms with van der Waals surface area (Å²) in [4.78, 5) is 27.4. The molecule has 3 aliphatic rings. The fraction of sp³-hybridized carbons (Fsp3) is 0.600. The molecular weight excluding hydrogens is 318 g/mol. The largest absolute Gasteiger partial charge is 0.375 e. The Balaban J connectivity index is 1.61. The molecule has 1 amide bonds. The molecule has 1 aromatic rings. The highest BCUT2D eigenvalue weighted by atomic mass is 16.6. The van der Waals surface area contributed by atoms with Gasteiger partial charge in [0.25, 0.3) is 0 Å². The molecule has 2 fully saturated rings. The van der Waals surface area contributed by atoms with Gasteiger partial charge in [0.1, 0.15) is 5.60 Å². The summed E-state index contributed by atoms with van der Waals surface area (Å²) in [5.41, 5.74) is 1.20. The monoisotopic (exact) mass is 343 g/mol. The van der Waals surface area contributed by atoms with Gasteiger partial charge in [-0.05, 0) is 25.8 Å². The maximum atomic E-state index is 13.3. The SMILES string of the molecule is CC1CN(C(=O)C2CCC(=O)c3ccccc32)CC2(CCOC2C)O1. The molecule has 0 bridgehead atoms. The van der Waals surface area contributed by atoms with Gasteiger partial charge in [-0.3, -0.25) is 9.59 Å². The van der Waals surface area contributed by atoms with E-state index in [4.69, 9.17) is 9.47 Å². The standard InChI is InChI=1S/C20H25NO4/c1-13-11-21(12-20(25-13)9-10-24-14(20)2)19(23)17-7-8-18(22)16-6-4-3-5-15(16)17/h3-6,13-14,17H,7-12H2,1-2H3. The van der Waals surface area contributed by atoms with Crippen LogP contribution < -0.4 is 0 Å². The Morgan fingerprint density at radius 1 is 1.28 bits per heavy atom. The second kappa shape index (κ2) is 6.22. The van der Waals surface area contributed by atoms with Crippen LogP contribution in [0.15, 0.2) is 24.3 Å². The molecule has 2 saturated heterocycles. The Morgan fingerprint density at radius 2 is 2.08 bits per heavy atom. The lowest BCUT2D eigenvalue weighted by Crippen LogP contribution is -2.60. The van der Waals surface area contributed by atoms with Crippen molar-refractivity contribution >= 4 is 11.7 Å². The Bertz CT molecular complexity index is 703. The van der Waals surface area contributed by atoms with Crippen molar-refractivity contribution in [3.05, 3.63) is 35.4 Å². The number of Topliss-reactive ketones (excluding diaryl/α,β-unsaturated/α-hetero) is 1. The molecule has 0 saturated carbocycles. The van der Waals surface area contributed by atoms with Crippen molar-refractivity contribution in [2.75, 3.05) is 19.7 Å². The van der Waals surface area contributed by atoms with Crippen molar-refractivity contribution in [2.24, 2.45) is 0 Å². The number of hydrogen-bond acceptors (Lipinski definition) is 4. The number of carbonyl (C=O) groups is 2. The molecule has 0 N–H and O–H groups in total. The van der Waals surface area contributed by atoms with Crippen LogP contribution in [0.4, 0.5) is 0 Å². The molecular formula is C20H25NO4. The molecule has 0 aromatic heterocycles. The van der Waals surface area contributed by atoms with Crippen molar-refractivity contribution in [1.82, 2.24) is 4.90 Å². The van der Waals surface area contributed by atoms with Gasteiger partial charge in [-0.25, -0.2) is 0 Å². The number of carbonyl (C=O) groups excluding carboxylic acids is 2. The molecule has 1 spiro atoms. The van der Waals surface area contributed by atoms with Crippen molar-refractivity contribution in [3.8, 4) is 0 Å². The van der Waals surface area contributed by atoms with E-state index in [9.17, 15) is 9.59 Å². The van der Waals surface area contributed by atoms with Gasteiger partial charge in [-0.1, -0.05) is 24.3 Å². The molecule has 134 valence electrons. The summed E-state index contributed by atoms with van der Waals surface area (Å²) < 4.78 is 12.0. The van der Waals surface area contributed by atoms with Crippen LogP contribution in [0.1, 0.15) is 54.9 Å². The normalized spacial score (nSPS) is 35.0. The molecule has 2 heterocycles. The number of amides is 1. The smallest absolute Gasteiger partial charge is 0.230 e. The van der Waals surface area contributed by atoms with Gasteiger partial charge in [0, 0.05) is 31.6 Å². The highest BCUT2D eigenvalue weighted by molar-refractivity contribution is 6.01. The highest BCUT2D eigenvalue weighted by Gasteiger charge is 2.49. The number of benzene rings is 1. The maximum Gasteiger partial charge on any atom is 0.230 e.